The maximum Gasteiger partial charge on any atom is 0.330 e. The van der Waals surface area contributed by atoms with Crippen LogP contribution in [0.3, 0.4) is 0 Å². The molecule has 1 atom stereocenters. The van der Waals surface area contributed by atoms with Gasteiger partial charge in [-0.1, -0.05) is 0 Å². The largest absolute Gasteiger partial charge is 0.494 e. The summed E-state index contributed by atoms with van der Waals surface area (Å²) < 4.78 is 10.1. The number of esters is 1. The lowest BCUT2D eigenvalue weighted by atomic mass is 10.0. The highest BCUT2D eigenvalue weighted by Gasteiger charge is 2.39. The lowest BCUT2D eigenvalue weighted by molar-refractivity contribution is -0.149. The fourth-order valence-corrected chi connectivity index (χ4v) is 2.74. The molecule has 2 rings (SSSR count). The minimum absolute atomic E-state index is 0.107. The van der Waals surface area contributed by atoms with Crippen LogP contribution in [0.25, 0.3) is 0 Å². The van der Waals surface area contributed by atoms with Gasteiger partial charge in [0.05, 0.1) is 19.6 Å². The summed E-state index contributed by atoms with van der Waals surface area (Å²) in [5, 5.41) is 2.65. The third kappa shape index (κ3) is 4.29. The molecule has 1 fully saturated rings. The van der Waals surface area contributed by atoms with Crippen LogP contribution < -0.4 is 15.0 Å². The summed E-state index contributed by atoms with van der Waals surface area (Å²) in [7, 11) is 1.27. The molecule has 0 aliphatic carbocycles. The van der Waals surface area contributed by atoms with Gasteiger partial charge in [0.15, 0.2) is 0 Å². The average molecular weight is 348 g/mol. The smallest absolute Gasteiger partial charge is 0.330 e. The van der Waals surface area contributed by atoms with Crippen LogP contribution in [0, 0.1) is 5.92 Å². The number of carbonyl (C=O) groups excluding carboxylic acids is 3. The predicted molar refractivity (Wildman–Crippen MR) is 92.3 cm³/mol. The van der Waals surface area contributed by atoms with Crippen LogP contribution in [-0.4, -0.2) is 43.6 Å². The quantitative estimate of drug-likeness (QED) is 0.788. The number of rotatable bonds is 6. The van der Waals surface area contributed by atoms with Gasteiger partial charge in [-0.2, -0.15) is 0 Å². The van der Waals surface area contributed by atoms with Gasteiger partial charge in [-0.05, 0) is 45.0 Å². The molecule has 1 aromatic carbocycles. The molecule has 7 nitrogen and oxygen atoms in total. The van der Waals surface area contributed by atoms with Crippen LogP contribution >= 0.6 is 0 Å². The Morgan fingerprint density at radius 3 is 2.48 bits per heavy atom. The highest BCUT2D eigenvalue weighted by atomic mass is 16.5. The van der Waals surface area contributed by atoms with Crippen LogP contribution in [-0.2, 0) is 19.1 Å². The second-order valence-corrected chi connectivity index (χ2v) is 6.44. The monoisotopic (exact) mass is 348 g/mol. The van der Waals surface area contributed by atoms with E-state index in [2.05, 4.69) is 10.1 Å². The van der Waals surface area contributed by atoms with Crippen LogP contribution in [0.5, 0.6) is 5.75 Å². The number of nitrogens with zero attached hydrogens (tertiary/aromatic N) is 1. The van der Waals surface area contributed by atoms with E-state index in [-0.39, 0.29) is 24.8 Å². The van der Waals surface area contributed by atoms with E-state index in [9.17, 15) is 14.4 Å². The Bertz CT molecular complexity index is 654. The first-order valence-corrected chi connectivity index (χ1v) is 8.22. The van der Waals surface area contributed by atoms with E-state index in [0.717, 1.165) is 11.4 Å². The molecule has 1 aliphatic rings. The molecule has 25 heavy (non-hydrogen) atoms. The van der Waals surface area contributed by atoms with Gasteiger partial charge in [-0.15, -0.1) is 0 Å². The SMILES string of the molecule is CCOc1ccc(N2C[C@@H](C(=O)NC(C)(C)C(=O)OC)CC2=O)cc1. The molecule has 0 unspecified atom stereocenters. The molecule has 1 N–H and O–H groups in total. The Balaban J connectivity index is 2.04. The van der Waals surface area contributed by atoms with Gasteiger partial charge in [0.2, 0.25) is 11.8 Å². The third-order valence-electron chi connectivity index (χ3n) is 4.09. The van der Waals surface area contributed by atoms with E-state index >= 15 is 0 Å². The summed E-state index contributed by atoms with van der Waals surface area (Å²) in [6, 6.07) is 7.17. The summed E-state index contributed by atoms with van der Waals surface area (Å²) in [6.45, 7) is 5.88. The van der Waals surface area contributed by atoms with Gasteiger partial charge in [0.1, 0.15) is 11.3 Å². The Hall–Kier alpha value is -2.57. The predicted octanol–water partition coefficient (Wildman–Crippen LogP) is 1.51. The zero-order chi connectivity index (χ0) is 18.6. The van der Waals surface area contributed by atoms with Gasteiger partial charge < -0.3 is 19.7 Å². The second-order valence-electron chi connectivity index (χ2n) is 6.44. The number of benzene rings is 1. The molecule has 0 spiro atoms. The molecule has 7 heteroatoms. The number of methoxy groups -OCH3 is 1. The van der Waals surface area contributed by atoms with Crippen molar-refractivity contribution < 1.29 is 23.9 Å². The van der Waals surface area contributed by atoms with Crippen LogP contribution in [0.1, 0.15) is 27.2 Å². The Morgan fingerprint density at radius 1 is 1.28 bits per heavy atom. The second kappa shape index (κ2) is 7.55. The van der Waals surface area contributed by atoms with Gasteiger partial charge in [-0.25, -0.2) is 4.79 Å². The van der Waals surface area contributed by atoms with E-state index in [1.807, 2.05) is 6.92 Å². The van der Waals surface area contributed by atoms with Crippen molar-refractivity contribution in [1.29, 1.82) is 0 Å². The summed E-state index contributed by atoms with van der Waals surface area (Å²) in [4.78, 5) is 38.0. The zero-order valence-corrected chi connectivity index (χ0v) is 15.0. The molecule has 1 aliphatic heterocycles. The lowest BCUT2D eigenvalue weighted by Crippen LogP contribution is -2.52. The van der Waals surface area contributed by atoms with E-state index in [0.29, 0.717) is 6.61 Å². The first-order chi connectivity index (χ1) is 11.8. The van der Waals surface area contributed by atoms with Gasteiger partial charge in [0.25, 0.3) is 0 Å². The molecule has 2 amide bonds. The standard InChI is InChI=1S/C18H24N2O5/c1-5-25-14-8-6-13(7-9-14)20-11-12(10-15(20)21)16(22)19-18(2,3)17(23)24-4/h6-9,12H,5,10-11H2,1-4H3,(H,19,22)/t12-/m0/s1. The summed E-state index contributed by atoms with van der Waals surface area (Å²) in [5.41, 5.74) is -0.419. The maximum absolute atomic E-state index is 12.4. The van der Waals surface area contributed by atoms with Crippen LogP contribution in [0.4, 0.5) is 5.69 Å². The van der Waals surface area contributed by atoms with Crippen molar-refractivity contribution in [3.8, 4) is 5.75 Å². The number of ether oxygens (including phenoxy) is 2. The fourth-order valence-electron chi connectivity index (χ4n) is 2.74. The number of nitrogens with one attached hydrogen (secondary N) is 1. The van der Waals surface area contributed by atoms with Crippen molar-refractivity contribution in [3.05, 3.63) is 24.3 Å². The summed E-state index contributed by atoms with van der Waals surface area (Å²) in [5.74, 6) is -0.777. The molecule has 136 valence electrons. The molecule has 0 radical (unpaired) electrons. The van der Waals surface area contributed by atoms with Crippen molar-refractivity contribution >= 4 is 23.5 Å². The van der Waals surface area contributed by atoms with Crippen molar-refractivity contribution in [3.63, 3.8) is 0 Å². The van der Waals surface area contributed by atoms with Gasteiger partial charge in [-0.3, -0.25) is 9.59 Å². The fraction of sp³-hybridized carbons (Fsp3) is 0.500. The molecular formula is C18H24N2O5. The van der Waals surface area contributed by atoms with Crippen LogP contribution in [0.2, 0.25) is 0 Å². The number of hydrogen-bond acceptors (Lipinski definition) is 5. The normalized spacial score (nSPS) is 17.4. The molecule has 1 saturated heterocycles. The highest BCUT2D eigenvalue weighted by Crippen LogP contribution is 2.27. The first kappa shape index (κ1) is 18.8. The maximum atomic E-state index is 12.4. The van der Waals surface area contributed by atoms with E-state index in [1.165, 1.54) is 7.11 Å². The minimum atomic E-state index is -1.14. The lowest BCUT2D eigenvalue weighted by Gasteiger charge is -2.25. The number of anilines is 1. The Labute approximate surface area is 147 Å². The van der Waals surface area contributed by atoms with Crippen molar-refractivity contribution in [2.24, 2.45) is 5.92 Å². The summed E-state index contributed by atoms with van der Waals surface area (Å²) in [6.07, 6.45) is 0.107. The van der Waals surface area contributed by atoms with E-state index in [4.69, 9.17) is 4.74 Å². The van der Waals surface area contributed by atoms with Crippen molar-refractivity contribution in [1.82, 2.24) is 5.32 Å². The minimum Gasteiger partial charge on any atom is -0.494 e. The molecule has 1 aromatic rings. The topological polar surface area (TPSA) is 84.9 Å². The molecule has 0 aromatic heterocycles. The Kier molecular flexibility index (Phi) is 5.66. The van der Waals surface area contributed by atoms with Crippen molar-refractivity contribution in [2.45, 2.75) is 32.7 Å². The van der Waals surface area contributed by atoms with E-state index < -0.39 is 17.4 Å². The first-order valence-electron chi connectivity index (χ1n) is 8.22. The number of carbonyl (C=O) groups is 3. The average Bonchev–Trinajstić information content (AvgIpc) is 2.96. The third-order valence-corrected chi connectivity index (χ3v) is 4.09. The zero-order valence-electron chi connectivity index (χ0n) is 15.0. The summed E-state index contributed by atoms with van der Waals surface area (Å²) >= 11 is 0. The van der Waals surface area contributed by atoms with Crippen LogP contribution in [0.15, 0.2) is 24.3 Å². The Morgan fingerprint density at radius 2 is 1.92 bits per heavy atom. The van der Waals surface area contributed by atoms with E-state index in [1.54, 1.807) is 43.0 Å². The molecule has 1 heterocycles. The number of amides is 2. The highest BCUT2D eigenvalue weighted by molar-refractivity contribution is 6.01. The van der Waals surface area contributed by atoms with Crippen molar-refractivity contribution in [2.75, 3.05) is 25.2 Å². The van der Waals surface area contributed by atoms with Gasteiger partial charge in [0, 0.05) is 18.7 Å². The molecule has 0 bridgehead atoms. The molecular weight excluding hydrogens is 324 g/mol. The van der Waals surface area contributed by atoms with Gasteiger partial charge >= 0.3 is 5.97 Å². The molecule has 0 saturated carbocycles. The number of hydrogen-bond donors (Lipinski definition) is 1.